The minimum atomic E-state index is -3.60. The summed E-state index contributed by atoms with van der Waals surface area (Å²) in [5.41, 5.74) is 0.490. The van der Waals surface area contributed by atoms with E-state index in [0.717, 1.165) is 0 Å². The third-order valence-corrected chi connectivity index (χ3v) is 4.16. The maximum atomic E-state index is 11.9. The Hall–Kier alpha value is -0.660. The van der Waals surface area contributed by atoms with Gasteiger partial charge < -0.3 is 9.84 Å². The van der Waals surface area contributed by atoms with Crippen LogP contribution in [-0.2, 0) is 21.4 Å². The van der Waals surface area contributed by atoms with Gasteiger partial charge >= 0.3 is 0 Å². The number of rotatable bonds is 7. The Balaban J connectivity index is 2.69. The lowest BCUT2D eigenvalue weighted by molar-refractivity contribution is 0.0834. The summed E-state index contributed by atoms with van der Waals surface area (Å²) in [6, 6.07) is 4.21. The van der Waals surface area contributed by atoms with Crippen molar-refractivity contribution in [2.75, 3.05) is 13.2 Å². The number of nitrogens with one attached hydrogen (secondary N) is 1. The molecule has 7 heteroatoms. The Morgan fingerprint density at radius 2 is 2.11 bits per heavy atom. The highest BCUT2D eigenvalue weighted by Gasteiger charge is 2.15. The number of ether oxygens (including phenoxy) is 1. The van der Waals surface area contributed by atoms with E-state index in [2.05, 4.69) is 4.72 Å². The van der Waals surface area contributed by atoms with E-state index in [-0.39, 0.29) is 29.2 Å². The molecule has 0 unspecified atom stereocenters. The van der Waals surface area contributed by atoms with Crippen LogP contribution in [0.15, 0.2) is 23.1 Å². The highest BCUT2D eigenvalue weighted by atomic mass is 35.5. The topological polar surface area (TPSA) is 75.6 Å². The zero-order chi connectivity index (χ0) is 14.5. The van der Waals surface area contributed by atoms with Crippen molar-refractivity contribution < 1.29 is 18.3 Å². The van der Waals surface area contributed by atoms with Crippen LogP contribution in [0.5, 0.6) is 0 Å². The molecule has 0 saturated heterocycles. The molecule has 0 aliphatic heterocycles. The van der Waals surface area contributed by atoms with Gasteiger partial charge in [-0.15, -0.1) is 0 Å². The summed E-state index contributed by atoms with van der Waals surface area (Å²) in [6.07, 6.45) is 0.0581. The van der Waals surface area contributed by atoms with Gasteiger partial charge in [-0.05, 0) is 31.5 Å². The molecule has 0 radical (unpaired) electrons. The van der Waals surface area contributed by atoms with Crippen molar-refractivity contribution in [2.24, 2.45) is 0 Å². The quantitative estimate of drug-likeness (QED) is 0.749. The Bertz CT molecular complexity index is 516. The first-order chi connectivity index (χ1) is 8.86. The molecule has 0 heterocycles. The zero-order valence-electron chi connectivity index (χ0n) is 10.9. The van der Waals surface area contributed by atoms with Gasteiger partial charge in [0.25, 0.3) is 0 Å². The molecule has 1 aromatic carbocycles. The number of halogens is 1. The van der Waals surface area contributed by atoms with E-state index in [1.165, 1.54) is 18.2 Å². The van der Waals surface area contributed by atoms with Gasteiger partial charge in [0.1, 0.15) is 0 Å². The third-order valence-electron chi connectivity index (χ3n) is 2.35. The zero-order valence-corrected chi connectivity index (χ0v) is 12.5. The highest BCUT2D eigenvalue weighted by molar-refractivity contribution is 7.89. The van der Waals surface area contributed by atoms with E-state index >= 15 is 0 Å². The molecule has 2 N–H and O–H groups in total. The molecule has 0 amide bonds. The van der Waals surface area contributed by atoms with Gasteiger partial charge in [-0.1, -0.05) is 17.7 Å². The van der Waals surface area contributed by atoms with Crippen molar-refractivity contribution in [2.45, 2.75) is 31.5 Å². The molecular weight excluding hydrogens is 290 g/mol. The van der Waals surface area contributed by atoms with E-state index in [0.29, 0.717) is 12.2 Å². The summed E-state index contributed by atoms with van der Waals surface area (Å²) in [4.78, 5) is 0.0687. The molecule has 5 nitrogen and oxygen atoms in total. The Morgan fingerprint density at radius 3 is 2.63 bits per heavy atom. The molecule has 0 aliphatic rings. The lowest BCUT2D eigenvalue weighted by Crippen LogP contribution is -2.28. The molecule has 0 aromatic heterocycles. The highest BCUT2D eigenvalue weighted by Crippen LogP contribution is 2.20. The molecule has 0 aliphatic carbocycles. The summed E-state index contributed by atoms with van der Waals surface area (Å²) >= 11 is 5.86. The Labute approximate surface area is 118 Å². The lowest BCUT2D eigenvalue weighted by atomic mass is 10.2. The van der Waals surface area contributed by atoms with Gasteiger partial charge in [0.15, 0.2) is 0 Å². The van der Waals surface area contributed by atoms with Gasteiger partial charge in [0.05, 0.1) is 24.2 Å². The van der Waals surface area contributed by atoms with Crippen molar-refractivity contribution in [1.82, 2.24) is 4.72 Å². The van der Waals surface area contributed by atoms with Crippen LogP contribution in [0.25, 0.3) is 0 Å². The van der Waals surface area contributed by atoms with Crippen LogP contribution in [0.1, 0.15) is 19.4 Å². The summed E-state index contributed by atoms with van der Waals surface area (Å²) in [7, 11) is -3.60. The Kier molecular flexibility index (Phi) is 6.22. The minimum Gasteiger partial charge on any atom is -0.392 e. The van der Waals surface area contributed by atoms with E-state index in [9.17, 15) is 8.42 Å². The SMILES string of the molecule is CC(C)OCCNS(=O)(=O)c1ccc(CO)c(Cl)c1. The molecule has 1 rings (SSSR count). The van der Waals surface area contributed by atoms with Gasteiger partial charge in [-0.2, -0.15) is 0 Å². The summed E-state index contributed by atoms with van der Waals surface area (Å²) in [5, 5.41) is 9.20. The van der Waals surface area contributed by atoms with Crippen molar-refractivity contribution in [1.29, 1.82) is 0 Å². The number of hydrogen-bond acceptors (Lipinski definition) is 4. The largest absolute Gasteiger partial charge is 0.392 e. The molecule has 0 fully saturated rings. The summed E-state index contributed by atoms with van der Waals surface area (Å²) in [6.45, 7) is 4.03. The monoisotopic (exact) mass is 307 g/mol. The van der Waals surface area contributed by atoms with Crippen LogP contribution in [-0.4, -0.2) is 32.8 Å². The Morgan fingerprint density at radius 1 is 1.42 bits per heavy atom. The average molecular weight is 308 g/mol. The van der Waals surface area contributed by atoms with Gasteiger partial charge in [0, 0.05) is 11.6 Å². The number of benzene rings is 1. The predicted octanol–water partition coefficient (Wildman–Crippen LogP) is 1.54. The lowest BCUT2D eigenvalue weighted by Gasteiger charge is -2.10. The fourth-order valence-electron chi connectivity index (χ4n) is 1.38. The second-order valence-electron chi connectivity index (χ2n) is 4.23. The predicted molar refractivity (Wildman–Crippen MR) is 73.7 cm³/mol. The van der Waals surface area contributed by atoms with Crippen molar-refractivity contribution in [3.63, 3.8) is 0 Å². The molecular formula is C12H18ClNO4S. The summed E-state index contributed by atoms with van der Waals surface area (Å²) < 4.78 is 31.6. The van der Waals surface area contributed by atoms with Gasteiger partial charge in [0.2, 0.25) is 10.0 Å². The van der Waals surface area contributed by atoms with Crippen LogP contribution in [0.2, 0.25) is 5.02 Å². The maximum absolute atomic E-state index is 11.9. The molecule has 0 atom stereocenters. The van der Waals surface area contributed by atoms with Gasteiger partial charge in [-0.3, -0.25) is 0 Å². The first-order valence-corrected chi connectivity index (χ1v) is 7.73. The maximum Gasteiger partial charge on any atom is 0.240 e. The van der Waals surface area contributed by atoms with E-state index in [4.69, 9.17) is 21.4 Å². The van der Waals surface area contributed by atoms with E-state index in [1.807, 2.05) is 13.8 Å². The molecule has 0 bridgehead atoms. The fraction of sp³-hybridized carbons (Fsp3) is 0.500. The van der Waals surface area contributed by atoms with Crippen LogP contribution in [0, 0.1) is 0 Å². The first-order valence-electron chi connectivity index (χ1n) is 5.87. The summed E-state index contributed by atoms with van der Waals surface area (Å²) in [5.74, 6) is 0. The van der Waals surface area contributed by atoms with Crippen LogP contribution < -0.4 is 4.72 Å². The van der Waals surface area contributed by atoms with Crippen LogP contribution >= 0.6 is 11.6 Å². The molecule has 0 saturated carbocycles. The standard InChI is InChI=1S/C12H18ClNO4S/c1-9(2)18-6-5-14-19(16,17)11-4-3-10(8-15)12(13)7-11/h3-4,7,9,14-15H,5-6,8H2,1-2H3. The molecule has 108 valence electrons. The van der Waals surface area contributed by atoms with E-state index in [1.54, 1.807) is 0 Å². The normalized spacial score (nSPS) is 12.1. The first kappa shape index (κ1) is 16.4. The number of sulfonamides is 1. The second-order valence-corrected chi connectivity index (χ2v) is 6.40. The minimum absolute atomic E-state index is 0.0581. The van der Waals surface area contributed by atoms with Gasteiger partial charge in [-0.25, -0.2) is 13.1 Å². The molecule has 19 heavy (non-hydrogen) atoms. The van der Waals surface area contributed by atoms with Crippen molar-refractivity contribution >= 4 is 21.6 Å². The molecule has 0 spiro atoms. The smallest absolute Gasteiger partial charge is 0.240 e. The third kappa shape index (κ3) is 5.08. The molecule has 1 aromatic rings. The van der Waals surface area contributed by atoms with Crippen molar-refractivity contribution in [3.8, 4) is 0 Å². The number of hydrogen-bond donors (Lipinski definition) is 2. The van der Waals surface area contributed by atoms with E-state index < -0.39 is 10.0 Å². The van der Waals surface area contributed by atoms with Crippen LogP contribution in [0.4, 0.5) is 0 Å². The average Bonchev–Trinajstić information content (AvgIpc) is 2.34. The van der Waals surface area contributed by atoms with Crippen molar-refractivity contribution in [3.05, 3.63) is 28.8 Å². The number of aliphatic hydroxyl groups is 1. The fourth-order valence-corrected chi connectivity index (χ4v) is 2.72. The van der Waals surface area contributed by atoms with Crippen LogP contribution in [0.3, 0.4) is 0 Å². The number of aliphatic hydroxyl groups excluding tert-OH is 1. The second kappa shape index (κ2) is 7.21.